The van der Waals surface area contributed by atoms with Crippen LogP contribution >= 0.6 is 27.3 Å². The highest BCUT2D eigenvalue weighted by Crippen LogP contribution is 2.33. The molecule has 4 aromatic rings. The molecule has 4 rings (SSSR count). The molecule has 6 heteroatoms. The largest absolute Gasteiger partial charge is 0.347 e. The van der Waals surface area contributed by atoms with E-state index in [4.69, 9.17) is 0 Å². The number of amides is 1. The van der Waals surface area contributed by atoms with E-state index in [9.17, 15) is 4.79 Å². The average molecular weight is 440 g/mol. The Hall–Kier alpha value is -2.44. The minimum Gasteiger partial charge on any atom is -0.347 e. The van der Waals surface area contributed by atoms with Crippen LogP contribution in [0.25, 0.3) is 10.2 Å². The summed E-state index contributed by atoms with van der Waals surface area (Å²) in [6, 6.07) is 16.3. The van der Waals surface area contributed by atoms with Gasteiger partial charge in [-0.1, -0.05) is 35.9 Å². The molecule has 1 aromatic carbocycles. The predicted molar refractivity (Wildman–Crippen MR) is 113 cm³/mol. The minimum absolute atomic E-state index is 0.0778. The Bertz CT molecular complexity index is 1100. The van der Waals surface area contributed by atoms with Gasteiger partial charge >= 0.3 is 0 Å². The predicted octanol–water partition coefficient (Wildman–Crippen LogP) is 5.15. The Labute approximate surface area is 170 Å². The normalized spacial score (nSPS) is 11.0. The van der Waals surface area contributed by atoms with Gasteiger partial charge in [0.2, 0.25) is 0 Å². The summed E-state index contributed by atoms with van der Waals surface area (Å²) in [6.07, 6.45) is 3.49. The highest BCUT2D eigenvalue weighted by atomic mass is 79.9. The van der Waals surface area contributed by atoms with Crippen LogP contribution in [0.15, 0.2) is 64.7 Å². The fourth-order valence-electron chi connectivity index (χ4n) is 3.14. The fraction of sp³-hybridized carbons (Fsp3) is 0.143. The van der Waals surface area contributed by atoms with E-state index in [-0.39, 0.29) is 5.91 Å². The van der Waals surface area contributed by atoms with Crippen LogP contribution in [0.2, 0.25) is 0 Å². The molecule has 0 aliphatic heterocycles. The number of hydrogen-bond donors (Lipinski definition) is 1. The van der Waals surface area contributed by atoms with E-state index in [1.54, 1.807) is 23.7 Å². The van der Waals surface area contributed by atoms with Crippen molar-refractivity contribution in [2.45, 2.75) is 20.0 Å². The number of benzene rings is 1. The van der Waals surface area contributed by atoms with Crippen molar-refractivity contribution in [2.24, 2.45) is 0 Å². The maximum atomic E-state index is 12.9. The van der Waals surface area contributed by atoms with E-state index in [0.717, 1.165) is 19.6 Å². The molecule has 0 fully saturated rings. The van der Waals surface area contributed by atoms with Gasteiger partial charge in [0.05, 0.1) is 14.0 Å². The summed E-state index contributed by atoms with van der Waals surface area (Å²) < 4.78 is 4.25. The summed E-state index contributed by atoms with van der Waals surface area (Å²) in [7, 11) is 0. The summed E-state index contributed by atoms with van der Waals surface area (Å²) in [4.78, 5) is 17.0. The third-order valence-electron chi connectivity index (χ3n) is 4.39. The van der Waals surface area contributed by atoms with Crippen LogP contribution in [-0.2, 0) is 13.1 Å². The van der Waals surface area contributed by atoms with Crippen LogP contribution in [0.3, 0.4) is 0 Å². The second kappa shape index (κ2) is 7.66. The lowest BCUT2D eigenvalue weighted by atomic mass is 10.1. The first kappa shape index (κ1) is 17.9. The third-order valence-corrected chi connectivity index (χ3v) is 5.97. The van der Waals surface area contributed by atoms with Gasteiger partial charge in [-0.15, -0.1) is 11.3 Å². The minimum atomic E-state index is -0.0778. The average Bonchev–Trinajstić information content (AvgIpc) is 3.18. The molecule has 0 spiro atoms. The van der Waals surface area contributed by atoms with Gasteiger partial charge in [-0.2, -0.15) is 0 Å². The van der Waals surface area contributed by atoms with Gasteiger partial charge in [0.1, 0.15) is 5.69 Å². The molecule has 0 saturated carbocycles. The van der Waals surface area contributed by atoms with Gasteiger partial charge in [0.25, 0.3) is 5.91 Å². The molecule has 4 nitrogen and oxygen atoms in total. The van der Waals surface area contributed by atoms with Crippen LogP contribution in [0, 0.1) is 6.92 Å². The van der Waals surface area contributed by atoms with Crippen molar-refractivity contribution in [3.05, 3.63) is 87.1 Å². The Morgan fingerprint density at radius 3 is 2.81 bits per heavy atom. The molecule has 0 aliphatic carbocycles. The summed E-state index contributed by atoms with van der Waals surface area (Å²) in [5, 5.41) is 3.01. The number of aromatic nitrogens is 2. The van der Waals surface area contributed by atoms with E-state index in [1.807, 2.05) is 18.2 Å². The zero-order valence-electron chi connectivity index (χ0n) is 14.8. The summed E-state index contributed by atoms with van der Waals surface area (Å²) in [6.45, 7) is 3.20. The lowest BCUT2D eigenvalue weighted by molar-refractivity contribution is 0.0942. The monoisotopic (exact) mass is 439 g/mol. The number of hydrogen-bond acceptors (Lipinski definition) is 3. The van der Waals surface area contributed by atoms with Gasteiger partial charge in [-0.25, -0.2) is 0 Å². The van der Waals surface area contributed by atoms with Gasteiger partial charge in [-0.3, -0.25) is 9.78 Å². The number of aryl methyl sites for hydroxylation is 1. The maximum absolute atomic E-state index is 12.9. The van der Waals surface area contributed by atoms with Crippen molar-refractivity contribution in [2.75, 3.05) is 0 Å². The second-order valence-corrected chi connectivity index (χ2v) is 8.91. The van der Waals surface area contributed by atoms with Crippen LogP contribution in [0.4, 0.5) is 0 Å². The standard InChI is InChI=1S/C21H18BrN3OS/c1-14-4-2-5-15(8-14)13-25-17-10-20(22)27-19(17)9-18(25)21(26)24-12-16-6-3-7-23-11-16/h2-11H,12-13H2,1H3,(H,24,26). The topological polar surface area (TPSA) is 46.9 Å². The molecule has 0 radical (unpaired) electrons. The number of nitrogens with zero attached hydrogens (tertiary/aromatic N) is 2. The summed E-state index contributed by atoms with van der Waals surface area (Å²) >= 11 is 5.19. The molecule has 0 unspecified atom stereocenters. The first-order chi connectivity index (χ1) is 13.1. The number of carbonyl (C=O) groups is 1. The van der Waals surface area contributed by atoms with Crippen LogP contribution in [0.1, 0.15) is 27.2 Å². The lowest BCUT2D eigenvalue weighted by Crippen LogP contribution is -2.25. The zero-order valence-corrected chi connectivity index (χ0v) is 17.2. The van der Waals surface area contributed by atoms with E-state index < -0.39 is 0 Å². The number of carbonyl (C=O) groups excluding carboxylic acids is 1. The van der Waals surface area contributed by atoms with Crippen molar-refractivity contribution < 1.29 is 4.79 Å². The van der Waals surface area contributed by atoms with Crippen LogP contribution < -0.4 is 5.32 Å². The van der Waals surface area contributed by atoms with Crippen molar-refractivity contribution in [3.63, 3.8) is 0 Å². The van der Waals surface area contributed by atoms with E-state index in [1.165, 1.54) is 11.1 Å². The Morgan fingerprint density at radius 1 is 1.19 bits per heavy atom. The molecule has 0 bridgehead atoms. The Kier molecular flexibility index (Phi) is 5.09. The van der Waals surface area contributed by atoms with E-state index in [2.05, 4.69) is 68.1 Å². The molecule has 1 amide bonds. The van der Waals surface area contributed by atoms with Crippen LogP contribution in [-0.4, -0.2) is 15.5 Å². The smallest absolute Gasteiger partial charge is 0.268 e. The highest BCUT2D eigenvalue weighted by Gasteiger charge is 2.18. The van der Waals surface area contributed by atoms with Crippen molar-refractivity contribution in [3.8, 4) is 0 Å². The maximum Gasteiger partial charge on any atom is 0.268 e. The molecule has 3 aromatic heterocycles. The first-order valence-electron chi connectivity index (χ1n) is 8.61. The fourth-order valence-corrected chi connectivity index (χ4v) is 4.70. The Morgan fingerprint density at radius 2 is 2.04 bits per heavy atom. The number of rotatable bonds is 5. The number of fused-ring (bicyclic) bond motifs is 1. The molecule has 3 heterocycles. The molecule has 1 N–H and O–H groups in total. The van der Waals surface area contributed by atoms with Gasteiger partial charge in [0, 0.05) is 25.5 Å². The van der Waals surface area contributed by atoms with E-state index in [0.29, 0.717) is 18.8 Å². The number of thiophene rings is 1. The Balaban J connectivity index is 1.65. The van der Waals surface area contributed by atoms with Crippen molar-refractivity contribution in [1.82, 2.24) is 14.9 Å². The molecular weight excluding hydrogens is 422 g/mol. The number of nitrogens with one attached hydrogen (secondary N) is 1. The third kappa shape index (κ3) is 3.96. The zero-order chi connectivity index (χ0) is 18.8. The van der Waals surface area contributed by atoms with Crippen molar-refractivity contribution >= 4 is 43.4 Å². The number of pyridine rings is 1. The summed E-state index contributed by atoms with van der Waals surface area (Å²) in [5.74, 6) is -0.0778. The quantitative estimate of drug-likeness (QED) is 0.467. The molecule has 0 saturated heterocycles. The first-order valence-corrected chi connectivity index (χ1v) is 10.2. The van der Waals surface area contributed by atoms with Gasteiger partial charge < -0.3 is 9.88 Å². The molecule has 0 aliphatic rings. The molecule has 136 valence electrons. The second-order valence-electron chi connectivity index (χ2n) is 6.45. The van der Waals surface area contributed by atoms with Crippen molar-refractivity contribution in [1.29, 1.82) is 0 Å². The SMILES string of the molecule is Cc1cccc(Cn2c(C(=O)NCc3cccnc3)cc3sc(Br)cc32)c1. The van der Waals surface area contributed by atoms with E-state index >= 15 is 0 Å². The molecular formula is C21H18BrN3OS. The lowest BCUT2D eigenvalue weighted by Gasteiger charge is -2.11. The molecule has 27 heavy (non-hydrogen) atoms. The molecule has 0 atom stereocenters. The summed E-state index contributed by atoms with van der Waals surface area (Å²) in [5.41, 5.74) is 5.11. The highest BCUT2D eigenvalue weighted by molar-refractivity contribution is 9.11. The number of halogens is 1. The van der Waals surface area contributed by atoms with Crippen LogP contribution in [0.5, 0.6) is 0 Å². The van der Waals surface area contributed by atoms with Gasteiger partial charge in [0.15, 0.2) is 0 Å². The van der Waals surface area contributed by atoms with Gasteiger partial charge in [-0.05, 0) is 52.2 Å².